The Labute approximate surface area is 160 Å². The van der Waals surface area contributed by atoms with Crippen LogP contribution in [-0.4, -0.2) is 36.7 Å². The fraction of sp³-hybridized carbons (Fsp3) is 0.545. The average molecular weight is 369 g/mol. The average Bonchev–Trinajstić information content (AvgIpc) is 3.33. The summed E-state index contributed by atoms with van der Waals surface area (Å²) in [4.78, 5) is 27.7. The van der Waals surface area contributed by atoms with Gasteiger partial charge in [-0.3, -0.25) is 9.59 Å². The van der Waals surface area contributed by atoms with Crippen molar-refractivity contribution in [2.24, 2.45) is 11.8 Å². The largest absolute Gasteiger partial charge is 0.465 e. The fourth-order valence-electron chi connectivity index (χ4n) is 4.52. The van der Waals surface area contributed by atoms with Crippen molar-refractivity contribution in [2.45, 2.75) is 51.2 Å². The lowest BCUT2D eigenvalue weighted by atomic mass is 9.77. The van der Waals surface area contributed by atoms with E-state index in [4.69, 9.17) is 9.47 Å². The molecule has 27 heavy (non-hydrogen) atoms. The third-order valence-corrected chi connectivity index (χ3v) is 6.02. The number of amides is 1. The maximum absolute atomic E-state index is 13.2. The standard InChI is InChI=1S/C22H27NO4/c1-3-5-6-13-26-21(25)18-17-11-12-22(27-17)14-23(20(24)19(18)22)16-9-7-15(4-2)8-10-16/h7-12,17-19H,3-6,13-14H2,1-2H3/t17-,18?,19+,22-/m1/s1. The van der Waals surface area contributed by atoms with Gasteiger partial charge in [0.05, 0.1) is 25.2 Å². The molecular weight excluding hydrogens is 342 g/mol. The van der Waals surface area contributed by atoms with Crippen LogP contribution < -0.4 is 4.90 Å². The Kier molecular flexibility index (Phi) is 4.81. The molecule has 0 radical (unpaired) electrons. The summed E-state index contributed by atoms with van der Waals surface area (Å²) < 4.78 is 11.6. The van der Waals surface area contributed by atoms with Crippen LogP contribution in [0.25, 0.3) is 0 Å². The summed E-state index contributed by atoms with van der Waals surface area (Å²) in [7, 11) is 0. The van der Waals surface area contributed by atoms with Crippen LogP contribution in [0.5, 0.6) is 0 Å². The molecule has 1 spiro atoms. The first kappa shape index (κ1) is 18.2. The second-order valence-corrected chi connectivity index (χ2v) is 7.72. The zero-order valence-electron chi connectivity index (χ0n) is 16.0. The van der Waals surface area contributed by atoms with E-state index in [1.165, 1.54) is 5.56 Å². The Hall–Kier alpha value is -2.14. The summed E-state index contributed by atoms with van der Waals surface area (Å²) in [5.74, 6) is -1.37. The second kappa shape index (κ2) is 7.12. The molecule has 1 aromatic carbocycles. The summed E-state index contributed by atoms with van der Waals surface area (Å²) in [5, 5.41) is 0. The van der Waals surface area contributed by atoms with E-state index < -0.39 is 17.4 Å². The van der Waals surface area contributed by atoms with Crippen molar-refractivity contribution in [1.82, 2.24) is 0 Å². The van der Waals surface area contributed by atoms with Gasteiger partial charge in [-0.1, -0.05) is 51.0 Å². The number of carbonyl (C=O) groups is 2. The Morgan fingerprint density at radius 3 is 2.74 bits per heavy atom. The van der Waals surface area contributed by atoms with Crippen LogP contribution in [0.4, 0.5) is 5.69 Å². The van der Waals surface area contributed by atoms with Gasteiger partial charge < -0.3 is 14.4 Å². The molecule has 0 N–H and O–H groups in total. The normalized spacial score (nSPS) is 30.8. The molecule has 3 heterocycles. The predicted octanol–water partition coefficient (Wildman–Crippen LogP) is 3.27. The maximum Gasteiger partial charge on any atom is 0.312 e. The third kappa shape index (κ3) is 2.98. The number of benzene rings is 1. The van der Waals surface area contributed by atoms with Crippen LogP contribution in [0.3, 0.4) is 0 Å². The number of carbonyl (C=O) groups excluding carboxylic acids is 2. The molecule has 2 fully saturated rings. The van der Waals surface area contributed by atoms with Gasteiger partial charge in [0.2, 0.25) is 5.91 Å². The Morgan fingerprint density at radius 2 is 2.04 bits per heavy atom. The van der Waals surface area contributed by atoms with Crippen LogP contribution >= 0.6 is 0 Å². The smallest absolute Gasteiger partial charge is 0.312 e. The minimum atomic E-state index is -0.696. The highest BCUT2D eigenvalue weighted by molar-refractivity contribution is 6.02. The van der Waals surface area contributed by atoms with E-state index in [-0.39, 0.29) is 18.0 Å². The molecule has 144 valence electrons. The Balaban J connectivity index is 1.52. The van der Waals surface area contributed by atoms with E-state index in [0.717, 1.165) is 31.4 Å². The number of anilines is 1. The van der Waals surface area contributed by atoms with Crippen LogP contribution in [0.1, 0.15) is 38.7 Å². The molecule has 0 saturated carbocycles. The minimum Gasteiger partial charge on any atom is -0.465 e. The van der Waals surface area contributed by atoms with Crippen molar-refractivity contribution >= 4 is 17.6 Å². The van der Waals surface area contributed by atoms with Crippen molar-refractivity contribution in [3.05, 3.63) is 42.0 Å². The molecule has 4 atom stereocenters. The molecular formula is C22H27NO4. The van der Waals surface area contributed by atoms with Crippen LogP contribution in [-0.2, 0) is 25.5 Å². The number of fused-ring (bicyclic) bond motifs is 1. The van der Waals surface area contributed by atoms with E-state index in [1.54, 1.807) is 4.90 Å². The number of rotatable bonds is 7. The molecule has 5 heteroatoms. The Morgan fingerprint density at radius 1 is 1.26 bits per heavy atom. The lowest BCUT2D eigenvalue weighted by molar-refractivity contribution is -0.152. The van der Waals surface area contributed by atoms with Crippen molar-refractivity contribution in [3.63, 3.8) is 0 Å². The van der Waals surface area contributed by atoms with E-state index >= 15 is 0 Å². The molecule has 1 aromatic rings. The molecule has 5 nitrogen and oxygen atoms in total. The van der Waals surface area contributed by atoms with Crippen molar-refractivity contribution in [2.75, 3.05) is 18.1 Å². The molecule has 2 bridgehead atoms. The van der Waals surface area contributed by atoms with Gasteiger partial charge in [-0.25, -0.2) is 0 Å². The highest BCUT2D eigenvalue weighted by Crippen LogP contribution is 2.52. The summed E-state index contributed by atoms with van der Waals surface area (Å²) in [5.41, 5.74) is 1.39. The number of unbranched alkanes of at least 4 members (excludes halogenated alkanes) is 2. The quantitative estimate of drug-likeness (QED) is 0.420. The zero-order chi connectivity index (χ0) is 19.0. The first-order valence-electron chi connectivity index (χ1n) is 10.0. The number of aryl methyl sites for hydroxylation is 1. The van der Waals surface area contributed by atoms with Crippen LogP contribution in [0.15, 0.2) is 36.4 Å². The number of hydrogen-bond donors (Lipinski definition) is 0. The number of ether oxygens (including phenoxy) is 2. The highest BCUT2D eigenvalue weighted by atomic mass is 16.6. The molecule has 3 aliphatic heterocycles. The summed E-state index contributed by atoms with van der Waals surface area (Å²) in [6, 6.07) is 8.04. The first-order valence-corrected chi connectivity index (χ1v) is 10.0. The summed E-state index contributed by atoms with van der Waals surface area (Å²) in [6.45, 7) is 5.08. The zero-order valence-corrected chi connectivity index (χ0v) is 16.0. The monoisotopic (exact) mass is 369 g/mol. The molecule has 3 aliphatic rings. The molecule has 1 amide bonds. The highest BCUT2D eigenvalue weighted by Gasteiger charge is 2.67. The molecule has 1 unspecified atom stereocenters. The van der Waals surface area contributed by atoms with Gasteiger partial charge in [-0.15, -0.1) is 0 Å². The lowest BCUT2D eigenvalue weighted by Crippen LogP contribution is -2.40. The van der Waals surface area contributed by atoms with Crippen LogP contribution in [0, 0.1) is 11.8 Å². The van der Waals surface area contributed by atoms with Gasteiger partial charge in [-0.2, -0.15) is 0 Å². The maximum atomic E-state index is 13.2. The fourth-order valence-corrected chi connectivity index (χ4v) is 4.52. The van der Waals surface area contributed by atoms with Gasteiger partial charge in [0.15, 0.2) is 0 Å². The topological polar surface area (TPSA) is 55.8 Å². The van der Waals surface area contributed by atoms with E-state index in [2.05, 4.69) is 13.8 Å². The number of nitrogens with zero attached hydrogens (tertiary/aromatic N) is 1. The van der Waals surface area contributed by atoms with Gasteiger partial charge in [0, 0.05) is 5.69 Å². The minimum absolute atomic E-state index is 0.0402. The van der Waals surface area contributed by atoms with E-state index in [0.29, 0.717) is 13.2 Å². The van der Waals surface area contributed by atoms with Crippen molar-refractivity contribution in [3.8, 4) is 0 Å². The summed E-state index contributed by atoms with van der Waals surface area (Å²) >= 11 is 0. The summed E-state index contributed by atoms with van der Waals surface area (Å²) in [6.07, 6.45) is 7.47. The molecule has 2 saturated heterocycles. The number of esters is 1. The SMILES string of the molecule is CCCCCOC(=O)C1[C@H]2C(=O)N(c3ccc(CC)cc3)C[C@]23C=C[C@H]1O3. The second-order valence-electron chi connectivity index (χ2n) is 7.72. The van der Waals surface area contributed by atoms with Gasteiger partial charge in [-0.05, 0) is 30.5 Å². The number of hydrogen-bond acceptors (Lipinski definition) is 4. The molecule has 0 aromatic heterocycles. The van der Waals surface area contributed by atoms with E-state index in [1.807, 2.05) is 36.4 Å². The lowest BCUT2D eigenvalue weighted by Gasteiger charge is -2.22. The van der Waals surface area contributed by atoms with Gasteiger partial charge in [0.1, 0.15) is 11.5 Å². The Bertz CT molecular complexity index is 756. The van der Waals surface area contributed by atoms with Gasteiger partial charge >= 0.3 is 5.97 Å². The van der Waals surface area contributed by atoms with Crippen molar-refractivity contribution < 1.29 is 19.1 Å². The molecule has 0 aliphatic carbocycles. The van der Waals surface area contributed by atoms with Crippen LogP contribution in [0.2, 0.25) is 0 Å². The van der Waals surface area contributed by atoms with Gasteiger partial charge in [0.25, 0.3) is 0 Å². The third-order valence-electron chi connectivity index (χ3n) is 6.02. The first-order chi connectivity index (χ1) is 13.1. The predicted molar refractivity (Wildman–Crippen MR) is 102 cm³/mol. The molecule has 4 rings (SSSR count). The van der Waals surface area contributed by atoms with Crippen molar-refractivity contribution in [1.29, 1.82) is 0 Å². The van der Waals surface area contributed by atoms with E-state index in [9.17, 15) is 9.59 Å².